The Labute approximate surface area is 155 Å². The van der Waals surface area contributed by atoms with Crippen molar-refractivity contribution in [2.75, 3.05) is 13.7 Å². The van der Waals surface area contributed by atoms with Crippen molar-refractivity contribution in [3.8, 4) is 0 Å². The fraction of sp³-hybridized carbons (Fsp3) is 0.350. The Balaban J connectivity index is 2.49. The number of carbonyl (C=O) groups excluding carboxylic acids is 1. The van der Waals surface area contributed by atoms with Crippen LogP contribution in [-0.4, -0.2) is 25.5 Å². The number of hydrogen-bond acceptors (Lipinski definition) is 4. The molecule has 1 N–H and O–H groups in total. The minimum atomic E-state index is -0.102. The maximum atomic E-state index is 11.9. The summed E-state index contributed by atoms with van der Waals surface area (Å²) in [6.45, 7) is 10.5. The van der Waals surface area contributed by atoms with E-state index in [1.165, 1.54) is 13.2 Å². The number of rotatable bonds is 10. The van der Waals surface area contributed by atoms with Crippen molar-refractivity contribution in [1.82, 2.24) is 5.32 Å². The molecule has 0 bridgehead atoms. The second kappa shape index (κ2) is 10.7. The second-order valence-electron chi connectivity index (χ2n) is 5.66. The molecule has 1 aromatic rings. The molecular weight excluding hydrogens is 338 g/mol. The predicted octanol–water partition coefficient (Wildman–Crippen LogP) is 4.41. The van der Waals surface area contributed by atoms with Gasteiger partial charge in [0, 0.05) is 17.6 Å². The molecule has 1 rings (SSSR count). The van der Waals surface area contributed by atoms with Gasteiger partial charge in [-0.2, -0.15) is 0 Å². The third-order valence-corrected chi connectivity index (χ3v) is 3.90. The molecule has 0 radical (unpaired) electrons. The molecule has 0 heterocycles. The Kier molecular flexibility index (Phi) is 9.03. The molecule has 5 heteroatoms. The fourth-order valence-electron chi connectivity index (χ4n) is 1.88. The summed E-state index contributed by atoms with van der Waals surface area (Å²) in [5, 5.41) is 3.84. The second-order valence-corrected chi connectivity index (χ2v) is 6.09. The van der Waals surface area contributed by atoms with E-state index in [1.54, 1.807) is 13.0 Å². The molecule has 0 spiro atoms. The molecule has 0 aliphatic heterocycles. The fourth-order valence-corrected chi connectivity index (χ4v) is 2.00. The quantitative estimate of drug-likeness (QED) is 0.380. The Morgan fingerprint density at radius 1 is 1.36 bits per heavy atom. The molecule has 0 saturated carbocycles. The van der Waals surface area contributed by atoms with E-state index < -0.39 is 0 Å². The largest absolute Gasteiger partial charge is 0.494 e. The summed E-state index contributed by atoms with van der Waals surface area (Å²) in [6, 6.07) is 7.54. The maximum absolute atomic E-state index is 11.9. The molecule has 0 aromatic heterocycles. The molecular formula is C20H26ClNO3. The van der Waals surface area contributed by atoms with Crippen LogP contribution >= 0.6 is 11.6 Å². The van der Waals surface area contributed by atoms with E-state index in [9.17, 15) is 4.79 Å². The highest BCUT2D eigenvalue weighted by Gasteiger charge is 2.09. The number of carbonyl (C=O) groups is 1. The average Bonchev–Trinajstić information content (AvgIpc) is 2.62. The van der Waals surface area contributed by atoms with Crippen molar-refractivity contribution in [1.29, 1.82) is 0 Å². The van der Waals surface area contributed by atoms with Gasteiger partial charge in [-0.05, 0) is 44.0 Å². The summed E-state index contributed by atoms with van der Waals surface area (Å²) in [5.41, 5.74) is 2.25. The number of hydrogen-bond donors (Lipinski definition) is 1. The van der Waals surface area contributed by atoms with Gasteiger partial charge in [0.1, 0.15) is 5.76 Å². The number of nitrogens with one attached hydrogen (secondary N) is 1. The van der Waals surface area contributed by atoms with Gasteiger partial charge in [-0.3, -0.25) is 4.79 Å². The van der Waals surface area contributed by atoms with Crippen molar-refractivity contribution in [3.63, 3.8) is 0 Å². The standard InChI is InChI=1S/C20H26ClNO3/c1-6-14(2)19(23)11-20(24-5)16(4)22-12-15(3)25-13-17-7-9-18(21)10-8-17/h6-11,15,22H,4,12-13H2,1-3,5H3/b14-6+,20-11-. The summed E-state index contributed by atoms with van der Waals surface area (Å²) in [7, 11) is 1.51. The number of methoxy groups -OCH3 is 1. The van der Waals surface area contributed by atoms with Crippen LogP contribution in [-0.2, 0) is 20.9 Å². The predicted molar refractivity (Wildman–Crippen MR) is 102 cm³/mol. The maximum Gasteiger partial charge on any atom is 0.184 e. The van der Waals surface area contributed by atoms with E-state index in [0.717, 1.165) is 5.56 Å². The van der Waals surface area contributed by atoms with Crippen LogP contribution in [0.5, 0.6) is 0 Å². The Hall–Kier alpha value is -2.04. The van der Waals surface area contributed by atoms with E-state index in [0.29, 0.717) is 35.2 Å². The van der Waals surface area contributed by atoms with Crippen LogP contribution in [0.25, 0.3) is 0 Å². The molecule has 0 saturated heterocycles. The van der Waals surface area contributed by atoms with Crippen LogP contribution in [0.2, 0.25) is 5.02 Å². The van der Waals surface area contributed by atoms with E-state index in [1.807, 2.05) is 38.1 Å². The lowest BCUT2D eigenvalue weighted by Gasteiger charge is -2.17. The highest BCUT2D eigenvalue weighted by Crippen LogP contribution is 2.12. The number of allylic oxidation sites excluding steroid dienone is 3. The number of ketones is 1. The molecule has 0 aliphatic rings. The van der Waals surface area contributed by atoms with Crippen molar-refractivity contribution >= 4 is 17.4 Å². The van der Waals surface area contributed by atoms with Gasteiger partial charge in [0.25, 0.3) is 0 Å². The molecule has 1 aromatic carbocycles. The summed E-state index contributed by atoms with van der Waals surface area (Å²) in [4.78, 5) is 11.9. The zero-order valence-corrected chi connectivity index (χ0v) is 16.0. The molecule has 136 valence electrons. The van der Waals surface area contributed by atoms with E-state index in [4.69, 9.17) is 21.1 Å². The SMILES string of the molecule is C=C(NCC(C)OCc1ccc(Cl)cc1)/C(=C/C(=O)/C(C)=C/C)OC. The van der Waals surface area contributed by atoms with Crippen LogP contribution in [0.4, 0.5) is 0 Å². The molecule has 1 atom stereocenters. The summed E-state index contributed by atoms with van der Waals surface area (Å²) < 4.78 is 11.0. The normalized spacial score (nSPS) is 13.3. The van der Waals surface area contributed by atoms with Crippen LogP contribution in [0, 0.1) is 0 Å². The van der Waals surface area contributed by atoms with Crippen molar-refractivity contribution < 1.29 is 14.3 Å². The highest BCUT2D eigenvalue weighted by molar-refractivity contribution is 6.30. The first-order chi connectivity index (χ1) is 11.9. The topological polar surface area (TPSA) is 47.6 Å². The van der Waals surface area contributed by atoms with Gasteiger partial charge in [-0.15, -0.1) is 0 Å². The molecule has 0 fully saturated rings. The smallest absolute Gasteiger partial charge is 0.184 e. The van der Waals surface area contributed by atoms with E-state index in [2.05, 4.69) is 11.9 Å². The zero-order valence-electron chi connectivity index (χ0n) is 15.3. The first-order valence-electron chi connectivity index (χ1n) is 8.09. The third-order valence-electron chi connectivity index (χ3n) is 3.65. The van der Waals surface area contributed by atoms with Crippen molar-refractivity contribution in [2.45, 2.75) is 33.5 Å². The van der Waals surface area contributed by atoms with E-state index in [-0.39, 0.29) is 11.9 Å². The van der Waals surface area contributed by atoms with Crippen molar-refractivity contribution in [2.24, 2.45) is 0 Å². The zero-order chi connectivity index (χ0) is 18.8. The monoisotopic (exact) mass is 363 g/mol. The van der Waals surface area contributed by atoms with Gasteiger partial charge in [0.2, 0.25) is 0 Å². The highest BCUT2D eigenvalue weighted by atomic mass is 35.5. The van der Waals surface area contributed by atoms with E-state index >= 15 is 0 Å². The Morgan fingerprint density at radius 2 is 2.00 bits per heavy atom. The van der Waals surface area contributed by atoms with Gasteiger partial charge >= 0.3 is 0 Å². The van der Waals surface area contributed by atoms with Crippen LogP contribution in [0.1, 0.15) is 26.3 Å². The first-order valence-corrected chi connectivity index (χ1v) is 8.47. The first kappa shape index (κ1) is 21.0. The van der Waals surface area contributed by atoms with Gasteiger partial charge in [-0.25, -0.2) is 0 Å². The van der Waals surface area contributed by atoms with Gasteiger partial charge in [0.15, 0.2) is 5.78 Å². The summed E-state index contributed by atoms with van der Waals surface area (Å²) >= 11 is 5.86. The lowest BCUT2D eigenvalue weighted by atomic mass is 10.1. The summed E-state index contributed by atoms with van der Waals surface area (Å²) in [5.74, 6) is 0.311. The number of ether oxygens (including phenoxy) is 2. The Morgan fingerprint density at radius 3 is 2.56 bits per heavy atom. The molecule has 0 amide bonds. The van der Waals surface area contributed by atoms with Gasteiger partial charge in [-0.1, -0.05) is 36.4 Å². The molecule has 25 heavy (non-hydrogen) atoms. The average molecular weight is 364 g/mol. The third kappa shape index (κ3) is 7.59. The minimum Gasteiger partial charge on any atom is -0.494 e. The van der Waals surface area contributed by atoms with Crippen LogP contribution in [0.3, 0.4) is 0 Å². The van der Waals surface area contributed by atoms with Crippen molar-refractivity contribution in [3.05, 3.63) is 70.6 Å². The Bertz CT molecular complexity index is 647. The lowest BCUT2D eigenvalue weighted by Crippen LogP contribution is -2.27. The molecule has 4 nitrogen and oxygen atoms in total. The molecule has 0 aliphatic carbocycles. The van der Waals surface area contributed by atoms with Gasteiger partial charge in [0.05, 0.1) is 25.5 Å². The lowest BCUT2D eigenvalue weighted by molar-refractivity contribution is -0.111. The summed E-state index contributed by atoms with van der Waals surface area (Å²) in [6.07, 6.45) is 3.15. The van der Waals surface area contributed by atoms with Crippen LogP contribution < -0.4 is 5.32 Å². The van der Waals surface area contributed by atoms with Crippen LogP contribution in [0.15, 0.2) is 60.0 Å². The van der Waals surface area contributed by atoms with Gasteiger partial charge < -0.3 is 14.8 Å². The molecule has 1 unspecified atom stereocenters. The number of benzene rings is 1. The minimum absolute atomic E-state index is 0.0430. The number of halogens is 1.